The van der Waals surface area contributed by atoms with Crippen LogP contribution in [0, 0.1) is 0 Å². The van der Waals surface area contributed by atoms with Gasteiger partial charge >= 0.3 is 0 Å². The van der Waals surface area contributed by atoms with Gasteiger partial charge in [0.15, 0.2) is 0 Å². The summed E-state index contributed by atoms with van der Waals surface area (Å²) in [6.45, 7) is 0. The van der Waals surface area contributed by atoms with E-state index >= 15 is 0 Å². The van der Waals surface area contributed by atoms with Crippen LogP contribution in [0.25, 0.3) is 5.69 Å². The zero-order chi connectivity index (χ0) is 15.1. The fraction of sp³-hybridized carbons (Fsp3) is 0. The third-order valence-corrected chi connectivity index (χ3v) is 3.52. The highest BCUT2D eigenvalue weighted by molar-refractivity contribution is 6.34. The van der Waals surface area contributed by atoms with Crippen molar-refractivity contribution in [3.63, 3.8) is 0 Å². The van der Waals surface area contributed by atoms with Crippen LogP contribution in [-0.4, -0.2) is 32.0 Å². The van der Waals surface area contributed by atoms with Gasteiger partial charge in [-0.3, -0.25) is 9.59 Å². The number of benzene rings is 2. The Balaban J connectivity index is 1.72. The normalized spacial score (nSPS) is 13.5. The molecule has 0 unspecified atom stereocenters. The van der Waals surface area contributed by atoms with Gasteiger partial charge < -0.3 is 0 Å². The van der Waals surface area contributed by atoms with Gasteiger partial charge in [0.25, 0.3) is 11.8 Å². The standard InChI is InChI=1S/C15H9N5O2/c21-14-12-3-1-2-4-13(12)15(22)20(14)11-7-5-10(6-8-11)19-9-16-17-18-19/h1-9H. The monoisotopic (exact) mass is 291 g/mol. The lowest BCUT2D eigenvalue weighted by molar-refractivity contribution is 0.0926. The third kappa shape index (κ3) is 1.72. The summed E-state index contributed by atoms with van der Waals surface area (Å²) in [6.07, 6.45) is 1.47. The molecular formula is C15H9N5O2. The van der Waals surface area contributed by atoms with Gasteiger partial charge in [0.1, 0.15) is 6.33 Å². The Morgan fingerprint density at radius 2 is 1.36 bits per heavy atom. The highest BCUT2D eigenvalue weighted by Crippen LogP contribution is 2.28. The van der Waals surface area contributed by atoms with Gasteiger partial charge in [0.05, 0.1) is 22.5 Å². The summed E-state index contributed by atoms with van der Waals surface area (Å²) in [4.78, 5) is 26.0. The van der Waals surface area contributed by atoms with Crippen LogP contribution < -0.4 is 4.90 Å². The number of imide groups is 1. The number of rotatable bonds is 2. The number of nitrogens with zero attached hydrogens (tertiary/aromatic N) is 5. The molecule has 0 N–H and O–H groups in total. The lowest BCUT2D eigenvalue weighted by atomic mass is 10.1. The maximum Gasteiger partial charge on any atom is 0.266 e. The predicted octanol–water partition coefficient (Wildman–Crippen LogP) is 1.46. The van der Waals surface area contributed by atoms with Crippen LogP contribution >= 0.6 is 0 Å². The van der Waals surface area contributed by atoms with Crippen molar-refractivity contribution < 1.29 is 9.59 Å². The van der Waals surface area contributed by atoms with Crippen molar-refractivity contribution in [2.24, 2.45) is 0 Å². The van der Waals surface area contributed by atoms with Gasteiger partial charge in [-0.15, -0.1) is 5.10 Å². The van der Waals surface area contributed by atoms with E-state index in [1.54, 1.807) is 48.5 Å². The minimum atomic E-state index is -0.309. The number of amides is 2. The zero-order valence-electron chi connectivity index (χ0n) is 11.2. The molecule has 1 aliphatic heterocycles. The number of hydrogen-bond acceptors (Lipinski definition) is 5. The molecule has 7 heteroatoms. The molecule has 0 saturated heterocycles. The van der Waals surface area contributed by atoms with E-state index in [1.807, 2.05) is 0 Å². The maximum atomic E-state index is 12.4. The molecule has 0 spiro atoms. The van der Waals surface area contributed by atoms with Gasteiger partial charge in [0.2, 0.25) is 0 Å². The molecule has 1 aromatic heterocycles. The Hall–Kier alpha value is -3.35. The van der Waals surface area contributed by atoms with Gasteiger partial charge in [-0.1, -0.05) is 12.1 Å². The van der Waals surface area contributed by atoms with E-state index in [9.17, 15) is 9.59 Å². The molecule has 0 saturated carbocycles. The number of aromatic nitrogens is 4. The fourth-order valence-corrected chi connectivity index (χ4v) is 2.46. The van der Waals surface area contributed by atoms with Crippen LogP contribution in [-0.2, 0) is 0 Å². The molecule has 0 bridgehead atoms. The Morgan fingerprint density at radius 3 is 1.91 bits per heavy atom. The quantitative estimate of drug-likeness (QED) is 0.668. The summed E-state index contributed by atoms with van der Waals surface area (Å²) in [5.74, 6) is -0.619. The molecule has 1 aliphatic rings. The van der Waals surface area contributed by atoms with Crippen LogP contribution in [0.15, 0.2) is 54.9 Å². The molecule has 106 valence electrons. The molecule has 2 aromatic carbocycles. The first-order valence-corrected chi connectivity index (χ1v) is 6.57. The second kappa shape index (κ2) is 4.59. The summed E-state index contributed by atoms with van der Waals surface area (Å²) in [5.41, 5.74) is 2.11. The van der Waals surface area contributed by atoms with Gasteiger partial charge in [-0.2, -0.15) is 0 Å². The van der Waals surface area contributed by atoms with Gasteiger partial charge in [-0.25, -0.2) is 9.58 Å². The summed E-state index contributed by atoms with van der Waals surface area (Å²) < 4.78 is 1.49. The van der Waals surface area contributed by atoms with E-state index in [0.717, 1.165) is 5.69 Å². The van der Waals surface area contributed by atoms with Crippen molar-refractivity contribution in [2.75, 3.05) is 4.90 Å². The van der Waals surface area contributed by atoms with Crippen molar-refractivity contribution >= 4 is 17.5 Å². The molecule has 3 aromatic rings. The molecule has 0 aliphatic carbocycles. The highest BCUT2D eigenvalue weighted by Gasteiger charge is 2.36. The summed E-state index contributed by atoms with van der Waals surface area (Å²) in [6, 6.07) is 13.7. The molecule has 0 atom stereocenters. The molecule has 0 fully saturated rings. The molecule has 0 radical (unpaired) electrons. The van der Waals surface area contributed by atoms with Gasteiger partial charge in [-0.05, 0) is 46.8 Å². The summed E-state index contributed by atoms with van der Waals surface area (Å²) in [5, 5.41) is 10.9. The molecule has 7 nitrogen and oxygen atoms in total. The Morgan fingerprint density at radius 1 is 0.773 bits per heavy atom. The van der Waals surface area contributed by atoms with E-state index in [1.165, 1.54) is 15.9 Å². The largest absolute Gasteiger partial charge is 0.268 e. The van der Waals surface area contributed by atoms with Crippen LogP contribution in [0.5, 0.6) is 0 Å². The summed E-state index contributed by atoms with van der Waals surface area (Å²) in [7, 11) is 0. The second-order valence-corrected chi connectivity index (χ2v) is 4.76. The number of anilines is 1. The second-order valence-electron chi connectivity index (χ2n) is 4.76. The van der Waals surface area contributed by atoms with E-state index in [0.29, 0.717) is 16.8 Å². The maximum absolute atomic E-state index is 12.4. The SMILES string of the molecule is O=C1c2ccccc2C(=O)N1c1ccc(-n2cnnn2)cc1. The molecular weight excluding hydrogens is 282 g/mol. The average molecular weight is 291 g/mol. The predicted molar refractivity (Wildman–Crippen MR) is 76.7 cm³/mol. The Kier molecular flexibility index (Phi) is 2.59. The van der Waals surface area contributed by atoms with E-state index in [-0.39, 0.29) is 11.8 Å². The average Bonchev–Trinajstić information content (AvgIpc) is 3.17. The topological polar surface area (TPSA) is 81.0 Å². The molecule has 2 amide bonds. The lowest BCUT2D eigenvalue weighted by Crippen LogP contribution is -2.29. The minimum Gasteiger partial charge on any atom is -0.268 e. The smallest absolute Gasteiger partial charge is 0.266 e. The molecule has 2 heterocycles. The number of hydrogen-bond donors (Lipinski definition) is 0. The fourth-order valence-electron chi connectivity index (χ4n) is 2.46. The molecule has 4 rings (SSSR count). The van der Waals surface area contributed by atoms with Crippen molar-refractivity contribution in [3.8, 4) is 5.69 Å². The van der Waals surface area contributed by atoms with Crippen LogP contribution in [0.2, 0.25) is 0 Å². The minimum absolute atomic E-state index is 0.309. The number of tetrazole rings is 1. The third-order valence-electron chi connectivity index (χ3n) is 3.52. The number of carbonyl (C=O) groups is 2. The first-order valence-electron chi connectivity index (χ1n) is 6.57. The van der Waals surface area contributed by atoms with Crippen molar-refractivity contribution in [1.29, 1.82) is 0 Å². The van der Waals surface area contributed by atoms with Crippen molar-refractivity contribution in [1.82, 2.24) is 20.2 Å². The summed E-state index contributed by atoms with van der Waals surface area (Å²) >= 11 is 0. The van der Waals surface area contributed by atoms with Gasteiger partial charge in [0, 0.05) is 0 Å². The van der Waals surface area contributed by atoms with E-state index < -0.39 is 0 Å². The zero-order valence-corrected chi connectivity index (χ0v) is 11.2. The lowest BCUT2D eigenvalue weighted by Gasteiger charge is -2.14. The Labute approximate surface area is 124 Å². The van der Waals surface area contributed by atoms with Crippen LogP contribution in [0.3, 0.4) is 0 Å². The van der Waals surface area contributed by atoms with Crippen molar-refractivity contribution in [2.45, 2.75) is 0 Å². The van der Waals surface area contributed by atoms with Crippen LogP contribution in [0.1, 0.15) is 20.7 Å². The number of carbonyl (C=O) groups excluding carboxylic acids is 2. The molecule has 22 heavy (non-hydrogen) atoms. The Bertz CT molecular complexity index is 836. The van der Waals surface area contributed by atoms with E-state index in [2.05, 4.69) is 15.5 Å². The number of fused-ring (bicyclic) bond motifs is 1. The van der Waals surface area contributed by atoms with E-state index in [4.69, 9.17) is 0 Å². The van der Waals surface area contributed by atoms with Crippen LogP contribution in [0.4, 0.5) is 5.69 Å². The first kappa shape index (κ1) is 12.4. The highest BCUT2D eigenvalue weighted by atomic mass is 16.2. The first-order chi connectivity index (χ1) is 10.8. The van der Waals surface area contributed by atoms with Crippen molar-refractivity contribution in [3.05, 3.63) is 66.0 Å².